The van der Waals surface area contributed by atoms with Gasteiger partial charge in [-0.15, -0.1) is 0 Å². The Bertz CT molecular complexity index is 913. The number of ether oxygens (including phenoxy) is 2. The van der Waals surface area contributed by atoms with Crippen molar-refractivity contribution in [3.8, 4) is 11.5 Å². The number of benzene rings is 3. The fourth-order valence-electron chi connectivity index (χ4n) is 2.68. The lowest BCUT2D eigenvalue weighted by Gasteiger charge is -2.15. The standard InChI is InChI=1S/C22H21BrFNO2/c1-15-5-3-4-6-16(15)14-27-22-12-20(23)17(11-21(22)26-2)13-25-19-9-7-18(24)8-10-19/h3-12,25H,13-14H2,1-2H3. The molecule has 3 rings (SSSR count). The molecule has 0 atom stereocenters. The fraction of sp³-hybridized carbons (Fsp3) is 0.182. The second kappa shape index (κ2) is 8.91. The summed E-state index contributed by atoms with van der Waals surface area (Å²) in [4.78, 5) is 0. The van der Waals surface area contributed by atoms with Gasteiger partial charge >= 0.3 is 0 Å². The van der Waals surface area contributed by atoms with E-state index < -0.39 is 0 Å². The van der Waals surface area contributed by atoms with Crippen LogP contribution >= 0.6 is 15.9 Å². The number of nitrogens with one attached hydrogen (secondary N) is 1. The summed E-state index contributed by atoms with van der Waals surface area (Å²) in [5.41, 5.74) is 4.19. The van der Waals surface area contributed by atoms with Crippen LogP contribution in [-0.2, 0) is 13.2 Å². The summed E-state index contributed by atoms with van der Waals surface area (Å²) < 4.78 is 25.4. The zero-order chi connectivity index (χ0) is 19.2. The van der Waals surface area contributed by atoms with Gasteiger partial charge in [0.2, 0.25) is 0 Å². The van der Waals surface area contributed by atoms with Crippen LogP contribution in [0, 0.1) is 12.7 Å². The van der Waals surface area contributed by atoms with Gasteiger partial charge < -0.3 is 14.8 Å². The zero-order valence-corrected chi connectivity index (χ0v) is 16.8. The first kappa shape index (κ1) is 19.2. The molecule has 0 spiro atoms. The number of hydrogen-bond donors (Lipinski definition) is 1. The van der Waals surface area contributed by atoms with Gasteiger partial charge in [0.05, 0.1) is 7.11 Å². The first-order chi connectivity index (χ1) is 13.1. The van der Waals surface area contributed by atoms with E-state index in [9.17, 15) is 4.39 Å². The van der Waals surface area contributed by atoms with Gasteiger partial charge in [0.1, 0.15) is 12.4 Å². The minimum absolute atomic E-state index is 0.251. The molecule has 0 unspecified atom stereocenters. The van der Waals surface area contributed by atoms with Crippen LogP contribution < -0.4 is 14.8 Å². The van der Waals surface area contributed by atoms with E-state index in [2.05, 4.69) is 40.3 Å². The number of aryl methyl sites for hydroxylation is 1. The highest BCUT2D eigenvalue weighted by atomic mass is 79.9. The van der Waals surface area contributed by atoms with Gasteiger partial charge in [-0.3, -0.25) is 0 Å². The van der Waals surface area contributed by atoms with Crippen LogP contribution in [0.25, 0.3) is 0 Å². The van der Waals surface area contributed by atoms with Crippen LogP contribution in [0.2, 0.25) is 0 Å². The molecule has 27 heavy (non-hydrogen) atoms. The zero-order valence-electron chi connectivity index (χ0n) is 15.3. The van der Waals surface area contributed by atoms with Crippen molar-refractivity contribution >= 4 is 21.6 Å². The van der Waals surface area contributed by atoms with Gasteiger partial charge in [0, 0.05) is 16.7 Å². The third kappa shape index (κ3) is 5.01. The van der Waals surface area contributed by atoms with Gasteiger partial charge in [0.25, 0.3) is 0 Å². The van der Waals surface area contributed by atoms with Gasteiger partial charge in [0.15, 0.2) is 11.5 Å². The molecule has 0 aliphatic carbocycles. The molecule has 0 heterocycles. The Labute approximate surface area is 167 Å². The molecular weight excluding hydrogens is 409 g/mol. The first-order valence-corrected chi connectivity index (χ1v) is 9.39. The van der Waals surface area contributed by atoms with Crippen molar-refractivity contribution in [1.82, 2.24) is 0 Å². The van der Waals surface area contributed by atoms with Gasteiger partial charge in [-0.2, -0.15) is 0 Å². The van der Waals surface area contributed by atoms with Crippen molar-refractivity contribution in [2.75, 3.05) is 12.4 Å². The van der Waals surface area contributed by atoms with Gasteiger partial charge in [-0.25, -0.2) is 4.39 Å². The summed E-state index contributed by atoms with van der Waals surface area (Å²) in [5, 5.41) is 3.27. The molecule has 5 heteroatoms. The summed E-state index contributed by atoms with van der Waals surface area (Å²) in [6, 6.07) is 18.3. The van der Waals surface area contributed by atoms with Crippen LogP contribution in [0.15, 0.2) is 65.1 Å². The Morgan fingerprint density at radius 2 is 1.70 bits per heavy atom. The topological polar surface area (TPSA) is 30.5 Å². The molecule has 0 aliphatic heterocycles. The third-order valence-corrected chi connectivity index (χ3v) is 5.04. The monoisotopic (exact) mass is 429 g/mol. The molecule has 0 aliphatic rings. The van der Waals surface area contributed by atoms with Gasteiger partial charge in [-0.1, -0.05) is 40.2 Å². The Kier molecular flexibility index (Phi) is 6.35. The fourth-order valence-corrected chi connectivity index (χ4v) is 3.14. The summed E-state index contributed by atoms with van der Waals surface area (Å²) >= 11 is 3.60. The molecule has 0 radical (unpaired) electrons. The van der Waals surface area contributed by atoms with Crippen molar-refractivity contribution in [1.29, 1.82) is 0 Å². The molecule has 0 saturated carbocycles. The molecule has 3 nitrogen and oxygen atoms in total. The summed E-state index contributed by atoms with van der Waals surface area (Å²) in [7, 11) is 1.63. The molecule has 0 saturated heterocycles. The Morgan fingerprint density at radius 3 is 2.41 bits per heavy atom. The number of halogens is 2. The summed E-state index contributed by atoms with van der Waals surface area (Å²) in [6.07, 6.45) is 0. The highest BCUT2D eigenvalue weighted by Gasteiger charge is 2.11. The maximum atomic E-state index is 13.0. The molecular formula is C22H21BrFNO2. The number of hydrogen-bond acceptors (Lipinski definition) is 3. The second-order valence-corrected chi connectivity index (χ2v) is 7.02. The largest absolute Gasteiger partial charge is 0.493 e. The minimum Gasteiger partial charge on any atom is -0.493 e. The molecule has 0 bridgehead atoms. The quantitative estimate of drug-likeness (QED) is 0.492. The van der Waals surface area contributed by atoms with E-state index in [1.807, 2.05) is 24.3 Å². The van der Waals surface area contributed by atoms with Gasteiger partial charge in [-0.05, 0) is 60.0 Å². The smallest absolute Gasteiger partial charge is 0.162 e. The molecule has 0 amide bonds. The van der Waals surface area contributed by atoms with Crippen LogP contribution in [0.4, 0.5) is 10.1 Å². The van der Waals surface area contributed by atoms with Crippen LogP contribution in [0.3, 0.4) is 0 Å². The van der Waals surface area contributed by atoms with Crippen LogP contribution in [0.1, 0.15) is 16.7 Å². The predicted octanol–water partition coefficient (Wildman–Crippen LogP) is 6.10. The summed E-state index contributed by atoms with van der Waals surface area (Å²) in [5.74, 6) is 1.10. The minimum atomic E-state index is -0.251. The van der Waals surface area contributed by atoms with Crippen molar-refractivity contribution in [3.05, 3.63) is 87.6 Å². The normalized spacial score (nSPS) is 10.5. The lowest BCUT2D eigenvalue weighted by atomic mass is 10.1. The maximum Gasteiger partial charge on any atom is 0.162 e. The molecule has 1 N–H and O–H groups in total. The molecule has 140 valence electrons. The average Bonchev–Trinajstić information content (AvgIpc) is 2.68. The maximum absolute atomic E-state index is 13.0. The van der Waals surface area contributed by atoms with Crippen LogP contribution in [-0.4, -0.2) is 7.11 Å². The van der Waals surface area contributed by atoms with E-state index in [1.54, 1.807) is 19.2 Å². The Morgan fingerprint density at radius 1 is 0.963 bits per heavy atom. The highest BCUT2D eigenvalue weighted by molar-refractivity contribution is 9.10. The molecule has 0 fully saturated rings. The van der Waals surface area contributed by atoms with E-state index in [0.717, 1.165) is 21.3 Å². The third-order valence-electron chi connectivity index (χ3n) is 4.30. The van der Waals surface area contributed by atoms with Crippen molar-refractivity contribution in [2.24, 2.45) is 0 Å². The average molecular weight is 430 g/mol. The van der Waals surface area contributed by atoms with E-state index in [-0.39, 0.29) is 5.82 Å². The number of rotatable bonds is 7. The van der Waals surface area contributed by atoms with E-state index in [4.69, 9.17) is 9.47 Å². The molecule has 3 aromatic rings. The van der Waals surface area contributed by atoms with Crippen molar-refractivity contribution < 1.29 is 13.9 Å². The highest BCUT2D eigenvalue weighted by Crippen LogP contribution is 2.34. The Balaban J connectivity index is 1.72. The number of methoxy groups -OCH3 is 1. The molecule has 0 aromatic heterocycles. The van der Waals surface area contributed by atoms with Crippen molar-refractivity contribution in [2.45, 2.75) is 20.1 Å². The summed E-state index contributed by atoms with van der Waals surface area (Å²) in [6.45, 7) is 3.11. The SMILES string of the molecule is COc1cc(CNc2ccc(F)cc2)c(Br)cc1OCc1ccccc1C. The van der Waals surface area contributed by atoms with E-state index in [0.29, 0.717) is 24.7 Å². The number of anilines is 1. The molecule has 3 aromatic carbocycles. The lowest BCUT2D eigenvalue weighted by molar-refractivity contribution is 0.283. The predicted molar refractivity (Wildman–Crippen MR) is 110 cm³/mol. The first-order valence-electron chi connectivity index (χ1n) is 8.60. The van der Waals surface area contributed by atoms with Crippen molar-refractivity contribution in [3.63, 3.8) is 0 Å². The van der Waals surface area contributed by atoms with E-state index >= 15 is 0 Å². The van der Waals surface area contributed by atoms with E-state index in [1.165, 1.54) is 17.7 Å². The second-order valence-electron chi connectivity index (χ2n) is 6.17. The van der Waals surface area contributed by atoms with Crippen LogP contribution in [0.5, 0.6) is 11.5 Å². The lowest BCUT2D eigenvalue weighted by Crippen LogP contribution is -2.03. The Hall–Kier alpha value is -2.53.